The average molecular weight is 436 g/mol. The van der Waals surface area contributed by atoms with Gasteiger partial charge in [0.25, 0.3) is 5.91 Å². The summed E-state index contributed by atoms with van der Waals surface area (Å²) in [4.78, 5) is 12.3. The molecular weight excluding hydrogens is 415 g/mol. The molecule has 126 valence electrons. The minimum absolute atomic E-state index is 0.0368. The van der Waals surface area contributed by atoms with E-state index in [1.54, 1.807) is 0 Å². The molecule has 0 bridgehead atoms. The van der Waals surface area contributed by atoms with Crippen LogP contribution >= 0.6 is 22.6 Å². The zero-order valence-electron chi connectivity index (χ0n) is 13.8. The Labute approximate surface area is 156 Å². The molecule has 3 rings (SSSR count). The first-order valence-electron chi connectivity index (χ1n) is 8.08. The second kappa shape index (κ2) is 7.63. The Morgan fingerprint density at radius 2 is 1.79 bits per heavy atom. The molecule has 0 unspecified atom stereocenters. The van der Waals surface area contributed by atoms with E-state index in [9.17, 15) is 4.79 Å². The Bertz CT molecular complexity index is 700. The van der Waals surface area contributed by atoms with Crippen molar-refractivity contribution in [2.45, 2.75) is 32.1 Å². The van der Waals surface area contributed by atoms with Gasteiger partial charge in [0, 0.05) is 27.4 Å². The van der Waals surface area contributed by atoms with Crippen LogP contribution in [0.3, 0.4) is 0 Å². The SMILES string of the molecule is C[C@@H]1CN[C@H](C)[C@H](c2ccc(NC(=O)c3ccc(I)cc3)cc2)O1. The average Bonchev–Trinajstić information content (AvgIpc) is 2.58. The third-order valence-electron chi connectivity index (χ3n) is 4.16. The Morgan fingerprint density at radius 1 is 1.12 bits per heavy atom. The topological polar surface area (TPSA) is 50.4 Å². The quantitative estimate of drug-likeness (QED) is 0.716. The van der Waals surface area contributed by atoms with E-state index in [1.165, 1.54) is 0 Å². The highest BCUT2D eigenvalue weighted by molar-refractivity contribution is 14.1. The second-order valence-corrected chi connectivity index (χ2v) is 7.39. The highest BCUT2D eigenvalue weighted by Crippen LogP contribution is 2.27. The third kappa shape index (κ3) is 4.15. The van der Waals surface area contributed by atoms with Crippen LogP contribution in [0.25, 0.3) is 0 Å². The van der Waals surface area contributed by atoms with Gasteiger partial charge < -0.3 is 15.4 Å². The largest absolute Gasteiger partial charge is 0.368 e. The summed E-state index contributed by atoms with van der Waals surface area (Å²) in [7, 11) is 0. The lowest BCUT2D eigenvalue weighted by Crippen LogP contribution is -2.45. The Balaban J connectivity index is 1.68. The maximum Gasteiger partial charge on any atom is 0.255 e. The van der Waals surface area contributed by atoms with Crippen LogP contribution in [0.4, 0.5) is 5.69 Å². The number of anilines is 1. The van der Waals surface area contributed by atoms with Crippen LogP contribution in [-0.2, 0) is 4.74 Å². The summed E-state index contributed by atoms with van der Waals surface area (Å²) in [5.74, 6) is -0.100. The van der Waals surface area contributed by atoms with E-state index in [0.717, 1.165) is 21.4 Å². The van der Waals surface area contributed by atoms with Gasteiger partial charge in [0.05, 0.1) is 12.2 Å². The van der Waals surface area contributed by atoms with Crippen LogP contribution in [0.5, 0.6) is 0 Å². The van der Waals surface area contributed by atoms with Crippen molar-refractivity contribution < 1.29 is 9.53 Å². The van der Waals surface area contributed by atoms with Crippen LogP contribution in [0, 0.1) is 3.57 Å². The maximum atomic E-state index is 12.3. The minimum Gasteiger partial charge on any atom is -0.368 e. The molecule has 2 N–H and O–H groups in total. The Kier molecular flexibility index (Phi) is 5.53. The van der Waals surface area contributed by atoms with Crippen LogP contribution in [0.1, 0.15) is 35.9 Å². The highest BCUT2D eigenvalue weighted by atomic mass is 127. The van der Waals surface area contributed by atoms with Crippen LogP contribution < -0.4 is 10.6 Å². The van der Waals surface area contributed by atoms with Gasteiger partial charge in [-0.05, 0) is 78.4 Å². The second-order valence-electron chi connectivity index (χ2n) is 6.15. The van der Waals surface area contributed by atoms with Crippen molar-refractivity contribution in [3.8, 4) is 0 Å². The first kappa shape index (κ1) is 17.4. The van der Waals surface area contributed by atoms with Crippen LogP contribution in [0.2, 0.25) is 0 Å². The normalized spacial score (nSPS) is 23.7. The lowest BCUT2D eigenvalue weighted by atomic mass is 10.0. The van der Waals surface area contributed by atoms with Crippen molar-refractivity contribution in [1.29, 1.82) is 0 Å². The van der Waals surface area contributed by atoms with Crippen molar-refractivity contribution in [3.05, 3.63) is 63.2 Å². The summed E-state index contributed by atoms with van der Waals surface area (Å²) < 4.78 is 7.14. The zero-order valence-corrected chi connectivity index (χ0v) is 15.9. The number of carbonyl (C=O) groups is 1. The number of benzene rings is 2. The molecule has 24 heavy (non-hydrogen) atoms. The Hall–Kier alpha value is -1.44. The lowest BCUT2D eigenvalue weighted by Gasteiger charge is -2.34. The molecule has 1 saturated heterocycles. The molecule has 3 atom stereocenters. The van der Waals surface area contributed by atoms with Crippen molar-refractivity contribution in [2.75, 3.05) is 11.9 Å². The molecule has 1 heterocycles. The smallest absolute Gasteiger partial charge is 0.255 e. The molecule has 0 spiro atoms. The van der Waals surface area contributed by atoms with E-state index in [4.69, 9.17) is 4.74 Å². The van der Waals surface area contributed by atoms with E-state index in [-0.39, 0.29) is 24.2 Å². The van der Waals surface area contributed by atoms with Gasteiger partial charge in [0.1, 0.15) is 0 Å². The van der Waals surface area contributed by atoms with Gasteiger partial charge in [-0.3, -0.25) is 4.79 Å². The molecule has 1 aliphatic rings. The maximum absolute atomic E-state index is 12.3. The van der Waals surface area contributed by atoms with E-state index < -0.39 is 0 Å². The predicted molar refractivity (Wildman–Crippen MR) is 104 cm³/mol. The van der Waals surface area contributed by atoms with E-state index in [2.05, 4.69) is 47.1 Å². The molecule has 2 aromatic rings. The predicted octanol–water partition coefficient (Wildman–Crippen LogP) is 3.98. The molecule has 4 nitrogen and oxygen atoms in total. The van der Waals surface area contributed by atoms with Gasteiger partial charge >= 0.3 is 0 Å². The van der Waals surface area contributed by atoms with Gasteiger partial charge in [0.15, 0.2) is 0 Å². The van der Waals surface area contributed by atoms with Crippen molar-refractivity contribution >= 4 is 34.2 Å². The molecular formula is C19H21IN2O2. The molecule has 0 aromatic heterocycles. The number of ether oxygens (including phenoxy) is 1. The monoisotopic (exact) mass is 436 g/mol. The van der Waals surface area contributed by atoms with Gasteiger partial charge in [-0.2, -0.15) is 0 Å². The number of carbonyl (C=O) groups excluding carboxylic acids is 1. The summed E-state index contributed by atoms with van der Waals surface area (Å²) in [6.45, 7) is 5.08. The molecule has 1 fully saturated rings. The number of hydrogen-bond donors (Lipinski definition) is 2. The number of halogens is 1. The summed E-state index contributed by atoms with van der Waals surface area (Å²) in [6.07, 6.45) is 0.237. The standard InChI is InChI=1S/C19H21IN2O2/c1-12-11-21-13(2)18(24-12)14-5-9-17(10-6-14)22-19(23)15-3-7-16(20)8-4-15/h3-10,12-13,18,21H,11H2,1-2H3,(H,22,23)/t12-,13-,18-/m1/s1. The molecule has 0 radical (unpaired) electrons. The number of morpholine rings is 1. The molecule has 5 heteroatoms. The van der Waals surface area contributed by atoms with E-state index in [0.29, 0.717) is 5.56 Å². The van der Waals surface area contributed by atoms with Crippen LogP contribution in [-0.4, -0.2) is 24.6 Å². The van der Waals surface area contributed by atoms with E-state index >= 15 is 0 Å². The summed E-state index contributed by atoms with van der Waals surface area (Å²) in [6, 6.07) is 15.7. The minimum atomic E-state index is -0.100. The first-order chi connectivity index (χ1) is 11.5. The number of nitrogens with one attached hydrogen (secondary N) is 2. The summed E-state index contributed by atoms with van der Waals surface area (Å²) in [5, 5.41) is 6.39. The summed E-state index contributed by atoms with van der Waals surface area (Å²) >= 11 is 2.22. The zero-order chi connectivity index (χ0) is 17.1. The van der Waals surface area contributed by atoms with E-state index in [1.807, 2.05) is 48.5 Å². The summed E-state index contributed by atoms with van der Waals surface area (Å²) in [5.41, 5.74) is 2.56. The van der Waals surface area contributed by atoms with Crippen molar-refractivity contribution in [1.82, 2.24) is 5.32 Å². The molecule has 1 amide bonds. The Morgan fingerprint density at radius 3 is 2.46 bits per heavy atom. The first-order valence-corrected chi connectivity index (χ1v) is 9.16. The fraction of sp³-hybridized carbons (Fsp3) is 0.316. The van der Waals surface area contributed by atoms with Gasteiger partial charge in [-0.1, -0.05) is 12.1 Å². The van der Waals surface area contributed by atoms with Gasteiger partial charge in [-0.15, -0.1) is 0 Å². The highest BCUT2D eigenvalue weighted by Gasteiger charge is 2.26. The van der Waals surface area contributed by atoms with Crippen molar-refractivity contribution in [3.63, 3.8) is 0 Å². The van der Waals surface area contributed by atoms with Gasteiger partial charge in [-0.25, -0.2) is 0 Å². The molecule has 1 aliphatic heterocycles. The van der Waals surface area contributed by atoms with Crippen LogP contribution in [0.15, 0.2) is 48.5 Å². The van der Waals surface area contributed by atoms with Gasteiger partial charge in [0.2, 0.25) is 0 Å². The number of hydrogen-bond acceptors (Lipinski definition) is 3. The molecule has 2 aromatic carbocycles. The lowest BCUT2D eigenvalue weighted by molar-refractivity contribution is -0.0520. The molecule has 0 aliphatic carbocycles. The fourth-order valence-electron chi connectivity index (χ4n) is 2.80. The van der Waals surface area contributed by atoms with Crippen molar-refractivity contribution in [2.24, 2.45) is 0 Å². The third-order valence-corrected chi connectivity index (χ3v) is 4.88. The molecule has 0 saturated carbocycles. The number of rotatable bonds is 3. The number of amides is 1. The fourth-order valence-corrected chi connectivity index (χ4v) is 3.16.